The summed E-state index contributed by atoms with van der Waals surface area (Å²) < 4.78 is 41.9. The standard InChI is InChI=1S/C23H30FN5O2S/c1-4-29(5-2)13-7-8-17(3)27-20-10-11-22(26-16-20)32(30,31)28-21-15-19(24)14-18-9-6-12-25-23(18)21/h6,9-12,14-17,27-28H,4-5,7-8,13H2,1-3H3. The molecule has 0 aliphatic rings. The van der Waals surface area contributed by atoms with Crippen LogP contribution in [0, 0.1) is 5.82 Å². The van der Waals surface area contributed by atoms with E-state index in [1.807, 2.05) is 0 Å². The van der Waals surface area contributed by atoms with Gasteiger partial charge < -0.3 is 10.2 Å². The predicted octanol–water partition coefficient (Wildman–Crippen LogP) is 4.49. The van der Waals surface area contributed by atoms with Gasteiger partial charge in [0.05, 0.1) is 23.1 Å². The molecule has 32 heavy (non-hydrogen) atoms. The Bertz CT molecular complexity index is 1130. The molecule has 1 unspecified atom stereocenters. The zero-order valence-electron chi connectivity index (χ0n) is 18.7. The maximum absolute atomic E-state index is 13.9. The molecule has 0 radical (unpaired) electrons. The fourth-order valence-electron chi connectivity index (χ4n) is 3.57. The number of benzene rings is 1. The SMILES string of the molecule is CCN(CC)CCCC(C)Nc1ccc(S(=O)(=O)Nc2cc(F)cc3cccnc23)nc1. The van der Waals surface area contributed by atoms with Crippen LogP contribution >= 0.6 is 0 Å². The van der Waals surface area contributed by atoms with Gasteiger partial charge in [0.1, 0.15) is 5.82 Å². The summed E-state index contributed by atoms with van der Waals surface area (Å²) >= 11 is 0. The first-order valence-corrected chi connectivity index (χ1v) is 12.3. The van der Waals surface area contributed by atoms with E-state index in [0.717, 1.165) is 44.2 Å². The molecule has 0 aliphatic heterocycles. The van der Waals surface area contributed by atoms with Crippen molar-refractivity contribution >= 4 is 32.3 Å². The lowest BCUT2D eigenvalue weighted by molar-refractivity contribution is 0.295. The van der Waals surface area contributed by atoms with Crippen LogP contribution in [0.2, 0.25) is 0 Å². The van der Waals surface area contributed by atoms with Gasteiger partial charge in [0.25, 0.3) is 10.0 Å². The average molecular weight is 460 g/mol. The van der Waals surface area contributed by atoms with Crippen LogP contribution in [0.15, 0.2) is 53.8 Å². The number of hydrogen-bond donors (Lipinski definition) is 2. The minimum absolute atomic E-state index is 0.0754. The topological polar surface area (TPSA) is 87.2 Å². The number of aromatic nitrogens is 2. The van der Waals surface area contributed by atoms with Crippen molar-refractivity contribution < 1.29 is 12.8 Å². The van der Waals surface area contributed by atoms with Gasteiger partial charge in [-0.25, -0.2) is 9.37 Å². The molecule has 0 saturated carbocycles. The Kier molecular flexibility index (Phi) is 7.98. The molecule has 9 heteroatoms. The number of hydrogen-bond acceptors (Lipinski definition) is 6. The van der Waals surface area contributed by atoms with Crippen molar-refractivity contribution in [3.8, 4) is 0 Å². The summed E-state index contributed by atoms with van der Waals surface area (Å²) in [5.41, 5.74) is 1.19. The highest BCUT2D eigenvalue weighted by molar-refractivity contribution is 7.92. The fourth-order valence-corrected chi connectivity index (χ4v) is 4.56. The molecule has 3 rings (SSSR count). The molecule has 3 aromatic rings. The van der Waals surface area contributed by atoms with E-state index in [-0.39, 0.29) is 16.8 Å². The summed E-state index contributed by atoms with van der Waals surface area (Å²) in [4.78, 5) is 10.7. The number of sulfonamides is 1. The lowest BCUT2D eigenvalue weighted by Gasteiger charge is -2.20. The molecular formula is C23H30FN5O2S. The molecule has 2 N–H and O–H groups in total. The van der Waals surface area contributed by atoms with Crippen LogP contribution in [0.1, 0.15) is 33.6 Å². The maximum Gasteiger partial charge on any atom is 0.279 e. The fraction of sp³-hybridized carbons (Fsp3) is 0.391. The van der Waals surface area contributed by atoms with E-state index in [1.54, 1.807) is 18.2 Å². The number of fused-ring (bicyclic) bond motifs is 1. The quantitative estimate of drug-likeness (QED) is 0.439. The van der Waals surface area contributed by atoms with Gasteiger partial charge in [-0.05, 0) is 63.7 Å². The summed E-state index contributed by atoms with van der Waals surface area (Å²) in [7, 11) is -4.00. The molecule has 0 saturated heterocycles. The van der Waals surface area contributed by atoms with Gasteiger partial charge >= 0.3 is 0 Å². The van der Waals surface area contributed by atoms with Gasteiger partial charge in [-0.1, -0.05) is 19.9 Å². The number of anilines is 2. The highest BCUT2D eigenvalue weighted by Gasteiger charge is 2.18. The van der Waals surface area contributed by atoms with Crippen molar-refractivity contribution in [3.63, 3.8) is 0 Å². The van der Waals surface area contributed by atoms with E-state index in [1.165, 1.54) is 24.5 Å². The highest BCUT2D eigenvalue weighted by Crippen LogP contribution is 2.25. The molecule has 0 bridgehead atoms. The Labute approximate surface area is 189 Å². The normalized spacial score (nSPS) is 12.8. The van der Waals surface area contributed by atoms with Crippen LogP contribution in [0.5, 0.6) is 0 Å². The third kappa shape index (κ3) is 6.14. The smallest absolute Gasteiger partial charge is 0.279 e. The van der Waals surface area contributed by atoms with Gasteiger partial charge in [-0.15, -0.1) is 0 Å². The molecule has 0 spiro atoms. The Morgan fingerprint density at radius 2 is 1.91 bits per heavy atom. The number of nitrogens with one attached hydrogen (secondary N) is 2. The van der Waals surface area contributed by atoms with E-state index in [0.29, 0.717) is 10.9 Å². The largest absolute Gasteiger partial charge is 0.381 e. The molecule has 1 atom stereocenters. The predicted molar refractivity (Wildman–Crippen MR) is 127 cm³/mol. The Morgan fingerprint density at radius 3 is 2.59 bits per heavy atom. The zero-order chi connectivity index (χ0) is 23.1. The molecule has 2 heterocycles. The summed E-state index contributed by atoms with van der Waals surface area (Å²) in [5.74, 6) is -0.550. The van der Waals surface area contributed by atoms with Gasteiger partial charge in [-0.2, -0.15) is 8.42 Å². The third-order valence-corrected chi connectivity index (χ3v) is 6.63. The summed E-state index contributed by atoms with van der Waals surface area (Å²) in [5, 5.41) is 3.72. The van der Waals surface area contributed by atoms with E-state index in [2.05, 4.69) is 45.7 Å². The monoisotopic (exact) mass is 459 g/mol. The second-order valence-electron chi connectivity index (χ2n) is 7.73. The van der Waals surface area contributed by atoms with Crippen molar-refractivity contribution in [2.75, 3.05) is 29.7 Å². The first-order valence-electron chi connectivity index (χ1n) is 10.8. The van der Waals surface area contributed by atoms with Crippen LogP contribution in [0.3, 0.4) is 0 Å². The van der Waals surface area contributed by atoms with E-state index < -0.39 is 15.8 Å². The van der Waals surface area contributed by atoms with Crippen molar-refractivity contribution in [1.29, 1.82) is 0 Å². The van der Waals surface area contributed by atoms with Crippen LogP contribution in [0.25, 0.3) is 10.9 Å². The summed E-state index contributed by atoms with van der Waals surface area (Å²) in [6.45, 7) is 9.57. The lowest BCUT2D eigenvalue weighted by Crippen LogP contribution is -2.25. The zero-order valence-corrected chi connectivity index (χ0v) is 19.5. The van der Waals surface area contributed by atoms with Gasteiger partial charge in [0.2, 0.25) is 0 Å². The summed E-state index contributed by atoms with van der Waals surface area (Å²) in [6, 6.07) is 9.11. The van der Waals surface area contributed by atoms with Crippen molar-refractivity contribution in [2.24, 2.45) is 0 Å². The van der Waals surface area contributed by atoms with Crippen LogP contribution in [-0.2, 0) is 10.0 Å². The van der Waals surface area contributed by atoms with Crippen LogP contribution < -0.4 is 10.0 Å². The summed E-state index contributed by atoms with van der Waals surface area (Å²) in [6.07, 6.45) is 5.10. The minimum Gasteiger partial charge on any atom is -0.381 e. The van der Waals surface area contributed by atoms with Crippen molar-refractivity contribution in [3.05, 3.63) is 54.6 Å². The van der Waals surface area contributed by atoms with Crippen molar-refractivity contribution in [1.82, 2.24) is 14.9 Å². The molecule has 7 nitrogen and oxygen atoms in total. The molecule has 0 aliphatic carbocycles. The minimum atomic E-state index is -4.00. The number of rotatable bonds is 11. The Morgan fingerprint density at radius 1 is 1.12 bits per heavy atom. The first-order chi connectivity index (χ1) is 15.3. The van der Waals surface area contributed by atoms with Crippen LogP contribution in [-0.4, -0.2) is 49.0 Å². The van der Waals surface area contributed by atoms with Gasteiger partial charge in [-0.3, -0.25) is 9.71 Å². The second-order valence-corrected chi connectivity index (χ2v) is 9.36. The first kappa shape index (κ1) is 23.9. The maximum atomic E-state index is 13.9. The molecule has 0 amide bonds. The van der Waals surface area contributed by atoms with Gasteiger partial charge in [0.15, 0.2) is 5.03 Å². The second kappa shape index (κ2) is 10.7. The number of pyridine rings is 2. The molecular weight excluding hydrogens is 429 g/mol. The Balaban J connectivity index is 1.65. The molecule has 1 aromatic carbocycles. The van der Waals surface area contributed by atoms with Gasteiger partial charge in [0, 0.05) is 23.7 Å². The third-order valence-electron chi connectivity index (χ3n) is 5.34. The van der Waals surface area contributed by atoms with E-state index in [9.17, 15) is 12.8 Å². The lowest BCUT2D eigenvalue weighted by atomic mass is 10.1. The number of nitrogens with zero attached hydrogens (tertiary/aromatic N) is 3. The molecule has 172 valence electrons. The van der Waals surface area contributed by atoms with E-state index >= 15 is 0 Å². The van der Waals surface area contributed by atoms with Crippen molar-refractivity contribution in [2.45, 2.75) is 44.7 Å². The molecule has 0 fully saturated rings. The van der Waals surface area contributed by atoms with Crippen LogP contribution in [0.4, 0.5) is 15.8 Å². The average Bonchev–Trinajstić information content (AvgIpc) is 2.77. The highest BCUT2D eigenvalue weighted by atomic mass is 32.2. The van der Waals surface area contributed by atoms with E-state index in [4.69, 9.17) is 0 Å². The molecule has 2 aromatic heterocycles. The number of halogens is 1. The Hall–Kier alpha value is -2.78.